The summed E-state index contributed by atoms with van der Waals surface area (Å²) in [5.74, 6) is -2.68. The number of carbonyl (C=O) groups is 1. The Morgan fingerprint density at radius 2 is 1.57 bits per heavy atom. The molecular weight excluding hydrogens is 410 g/mol. The fourth-order valence-corrected chi connectivity index (χ4v) is 4.12. The van der Waals surface area contributed by atoms with Gasteiger partial charge in [0.15, 0.2) is 11.6 Å². The Bertz CT molecular complexity index is 1210. The number of sulfonamides is 1. The fraction of sp³-hybridized carbons (Fsp3) is 0.136. The molecule has 0 fully saturated rings. The Labute approximate surface area is 174 Å². The minimum Gasteiger partial charge on any atom is -0.322 e. The molecule has 1 amide bonds. The van der Waals surface area contributed by atoms with E-state index in [-0.39, 0.29) is 16.1 Å². The van der Waals surface area contributed by atoms with Crippen molar-refractivity contribution in [2.45, 2.75) is 18.7 Å². The molecule has 0 saturated carbocycles. The van der Waals surface area contributed by atoms with Gasteiger partial charge in [-0.3, -0.25) is 9.10 Å². The van der Waals surface area contributed by atoms with E-state index in [1.165, 1.54) is 37.4 Å². The molecule has 0 bridgehead atoms. The molecule has 0 heterocycles. The maximum absolute atomic E-state index is 13.4. The van der Waals surface area contributed by atoms with Crippen molar-refractivity contribution in [3.8, 4) is 0 Å². The van der Waals surface area contributed by atoms with Gasteiger partial charge in [0.05, 0.1) is 10.6 Å². The molecule has 0 radical (unpaired) electrons. The quantitative estimate of drug-likeness (QED) is 0.640. The average Bonchev–Trinajstić information content (AvgIpc) is 2.71. The van der Waals surface area contributed by atoms with Crippen LogP contribution in [-0.2, 0) is 10.0 Å². The topological polar surface area (TPSA) is 66.5 Å². The van der Waals surface area contributed by atoms with Gasteiger partial charge in [-0.1, -0.05) is 23.8 Å². The summed E-state index contributed by atoms with van der Waals surface area (Å²) in [7, 11) is -2.42. The normalized spacial score (nSPS) is 11.2. The number of nitrogens with one attached hydrogen (secondary N) is 1. The summed E-state index contributed by atoms with van der Waals surface area (Å²) in [6.45, 7) is 3.59. The zero-order valence-corrected chi connectivity index (χ0v) is 17.4. The average molecular weight is 430 g/mol. The second kappa shape index (κ2) is 8.23. The molecule has 0 atom stereocenters. The van der Waals surface area contributed by atoms with E-state index in [2.05, 4.69) is 5.32 Å². The van der Waals surface area contributed by atoms with E-state index < -0.39 is 27.6 Å². The lowest BCUT2D eigenvalue weighted by Crippen LogP contribution is -2.27. The molecule has 1 N–H and O–H groups in total. The molecule has 3 aromatic rings. The first-order chi connectivity index (χ1) is 14.1. The third-order valence-electron chi connectivity index (χ3n) is 4.67. The maximum Gasteiger partial charge on any atom is 0.264 e. The Hall–Kier alpha value is -3.26. The molecule has 30 heavy (non-hydrogen) atoms. The summed E-state index contributed by atoms with van der Waals surface area (Å²) in [5, 5.41) is 2.47. The summed E-state index contributed by atoms with van der Waals surface area (Å²) in [6.07, 6.45) is 0. The van der Waals surface area contributed by atoms with Crippen molar-refractivity contribution in [2.75, 3.05) is 16.7 Å². The number of anilines is 2. The summed E-state index contributed by atoms with van der Waals surface area (Å²) < 4.78 is 53.5. The number of rotatable bonds is 5. The minimum absolute atomic E-state index is 0.0849. The van der Waals surface area contributed by atoms with Crippen LogP contribution in [0.2, 0.25) is 0 Å². The van der Waals surface area contributed by atoms with Gasteiger partial charge in [0.25, 0.3) is 15.9 Å². The third-order valence-corrected chi connectivity index (χ3v) is 6.45. The van der Waals surface area contributed by atoms with Crippen molar-refractivity contribution >= 4 is 27.3 Å². The van der Waals surface area contributed by atoms with Gasteiger partial charge in [0.1, 0.15) is 0 Å². The van der Waals surface area contributed by atoms with E-state index in [0.29, 0.717) is 11.3 Å². The van der Waals surface area contributed by atoms with Gasteiger partial charge in [0, 0.05) is 24.4 Å². The summed E-state index contributed by atoms with van der Waals surface area (Å²) in [4.78, 5) is 12.7. The number of aryl methyl sites for hydroxylation is 2. The Balaban J connectivity index is 1.91. The highest BCUT2D eigenvalue weighted by Gasteiger charge is 2.23. The molecule has 8 heteroatoms. The van der Waals surface area contributed by atoms with Crippen LogP contribution in [-0.4, -0.2) is 21.4 Å². The number of carbonyl (C=O) groups excluding carboxylic acids is 1. The molecule has 0 unspecified atom stereocenters. The molecule has 156 valence electrons. The lowest BCUT2D eigenvalue weighted by atomic mass is 10.1. The smallest absolute Gasteiger partial charge is 0.264 e. The van der Waals surface area contributed by atoms with Crippen LogP contribution < -0.4 is 9.62 Å². The number of nitrogens with zero attached hydrogens (tertiary/aromatic N) is 1. The zero-order chi connectivity index (χ0) is 22.1. The van der Waals surface area contributed by atoms with Crippen LogP contribution in [0.4, 0.5) is 20.2 Å². The SMILES string of the molecule is Cc1ccc(S(=O)(=O)N(C)c2cc(C(=O)Nc3ccc(F)c(F)c3)ccc2C)cc1. The molecule has 3 aromatic carbocycles. The predicted octanol–water partition coefficient (Wildman–Crippen LogP) is 4.66. The number of halogens is 2. The Morgan fingerprint density at radius 3 is 2.20 bits per heavy atom. The maximum atomic E-state index is 13.4. The number of benzene rings is 3. The molecule has 0 saturated heterocycles. The van der Waals surface area contributed by atoms with E-state index in [9.17, 15) is 22.0 Å². The first kappa shape index (κ1) is 21.4. The van der Waals surface area contributed by atoms with Crippen LogP contribution in [0.3, 0.4) is 0 Å². The Morgan fingerprint density at radius 1 is 0.900 bits per heavy atom. The van der Waals surface area contributed by atoms with Gasteiger partial charge in [0.2, 0.25) is 0 Å². The molecule has 3 rings (SSSR count). The van der Waals surface area contributed by atoms with Gasteiger partial charge in [-0.05, 0) is 55.8 Å². The predicted molar refractivity (Wildman–Crippen MR) is 112 cm³/mol. The molecular formula is C22H20F2N2O3S. The summed E-state index contributed by atoms with van der Waals surface area (Å²) in [5.41, 5.74) is 2.17. The van der Waals surface area contributed by atoms with Gasteiger partial charge < -0.3 is 5.32 Å². The number of hydrogen-bond acceptors (Lipinski definition) is 3. The van der Waals surface area contributed by atoms with Crippen LogP contribution in [0, 0.1) is 25.5 Å². The van der Waals surface area contributed by atoms with Crippen molar-refractivity contribution in [1.82, 2.24) is 0 Å². The minimum atomic E-state index is -3.83. The number of amides is 1. The zero-order valence-electron chi connectivity index (χ0n) is 16.6. The third kappa shape index (κ3) is 4.33. The van der Waals surface area contributed by atoms with Gasteiger partial charge >= 0.3 is 0 Å². The van der Waals surface area contributed by atoms with Crippen LogP contribution in [0.1, 0.15) is 21.5 Å². The van der Waals surface area contributed by atoms with Crippen molar-refractivity contribution in [1.29, 1.82) is 0 Å². The van der Waals surface area contributed by atoms with E-state index in [0.717, 1.165) is 22.0 Å². The molecule has 0 aliphatic carbocycles. The van der Waals surface area contributed by atoms with E-state index in [1.807, 2.05) is 6.92 Å². The molecule has 0 aliphatic rings. The molecule has 0 aromatic heterocycles. The standard InChI is InChI=1S/C22H20F2N2O3S/c1-14-4-9-18(10-5-14)30(28,29)26(3)21-12-16(7-6-15(21)2)22(27)25-17-8-11-19(23)20(24)13-17/h4-13H,1-3H3,(H,25,27). The van der Waals surface area contributed by atoms with E-state index >= 15 is 0 Å². The van der Waals surface area contributed by atoms with Crippen molar-refractivity contribution < 1.29 is 22.0 Å². The van der Waals surface area contributed by atoms with Crippen LogP contribution in [0.25, 0.3) is 0 Å². The van der Waals surface area contributed by atoms with Crippen molar-refractivity contribution in [3.63, 3.8) is 0 Å². The molecule has 0 spiro atoms. The van der Waals surface area contributed by atoms with Crippen LogP contribution >= 0.6 is 0 Å². The highest BCUT2D eigenvalue weighted by atomic mass is 32.2. The summed E-state index contributed by atoms with van der Waals surface area (Å²) in [6, 6.07) is 14.1. The first-order valence-corrected chi connectivity index (χ1v) is 10.5. The lowest BCUT2D eigenvalue weighted by Gasteiger charge is -2.22. The molecule has 0 aliphatic heterocycles. The second-order valence-corrected chi connectivity index (χ2v) is 8.84. The van der Waals surface area contributed by atoms with Gasteiger partial charge in [-0.25, -0.2) is 17.2 Å². The largest absolute Gasteiger partial charge is 0.322 e. The number of hydrogen-bond donors (Lipinski definition) is 1. The van der Waals surface area contributed by atoms with Gasteiger partial charge in [-0.2, -0.15) is 0 Å². The monoisotopic (exact) mass is 430 g/mol. The van der Waals surface area contributed by atoms with Crippen LogP contribution in [0.15, 0.2) is 65.6 Å². The van der Waals surface area contributed by atoms with Gasteiger partial charge in [-0.15, -0.1) is 0 Å². The highest BCUT2D eigenvalue weighted by Crippen LogP contribution is 2.27. The molecule has 5 nitrogen and oxygen atoms in total. The van der Waals surface area contributed by atoms with Crippen molar-refractivity contribution in [3.05, 3.63) is 89.0 Å². The van der Waals surface area contributed by atoms with Crippen molar-refractivity contribution in [2.24, 2.45) is 0 Å². The highest BCUT2D eigenvalue weighted by molar-refractivity contribution is 7.92. The van der Waals surface area contributed by atoms with E-state index in [1.54, 1.807) is 25.1 Å². The Kier molecular flexibility index (Phi) is 5.89. The summed E-state index contributed by atoms with van der Waals surface area (Å²) >= 11 is 0. The van der Waals surface area contributed by atoms with Crippen LogP contribution in [0.5, 0.6) is 0 Å². The first-order valence-electron chi connectivity index (χ1n) is 9.02. The lowest BCUT2D eigenvalue weighted by molar-refractivity contribution is 0.102. The van der Waals surface area contributed by atoms with E-state index in [4.69, 9.17) is 0 Å². The second-order valence-electron chi connectivity index (χ2n) is 6.87. The fourth-order valence-electron chi connectivity index (χ4n) is 2.86.